The second-order valence-corrected chi connectivity index (χ2v) is 5.59. The highest BCUT2D eigenvalue weighted by Crippen LogP contribution is 2.25. The molecule has 2 aromatic carbocycles. The predicted octanol–water partition coefficient (Wildman–Crippen LogP) is 5.14. The summed E-state index contributed by atoms with van der Waals surface area (Å²) < 4.78 is 0. The lowest BCUT2D eigenvalue weighted by atomic mass is 10.1. The molecule has 0 saturated heterocycles. The van der Waals surface area contributed by atoms with Crippen molar-refractivity contribution in [3.8, 4) is 0 Å². The standard InChI is InChI=1S/C15H12Cl3NO/c1-9(10-5-7-11(16)8-6-10)19-15(20)14-12(17)3-2-4-13(14)18/h2-9H,1H3,(H,19,20). The van der Waals surface area contributed by atoms with Gasteiger partial charge in [-0.05, 0) is 36.8 Å². The number of benzene rings is 2. The highest BCUT2D eigenvalue weighted by molar-refractivity contribution is 6.39. The number of halogens is 3. The summed E-state index contributed by atoms with van der Waals surface area (Å²) in [5.41, 5.74) is 1.24. The summed E-state index contributed by atoms with van der Waals surface area (Å²) in [5, 5.41) is 4.18. The Hall–Kier alpha value is -1.22. The first-order chi connectivity index (χ1) is 9.49. The van der Waals surface area contributed by atoms with Gasteiger partial charge in [0.25, 0.3) is 5.91 Å². The second-order valence-electron chi connectivity index (χ2n) is 4.34. The maximum absolute atomic E-state index is 12.2. The molecular weight excluding hydrogens is 317 g/mol. The van der Waals surface area contributed by atoms with Crippen molar-refractivity contribution >= 4 is 40.7 Å². The Bertz CT molecular complexity index is 605. The molecule has 20 heavy (non-hydrogen) atoms. The number of rotatable bonds is 3. The molecule has 0 aliphatic carbocycles. The van der Waals surface area contributed by atoms with Gasteiger partial charge in [0.2, 0.25) is 0 Å². The zero-order chi connectivity index (χ0) is 14.7. The highest BCUT2D eigenvalue weighted by atomic mass is 35.5. The van der Waals surface area contributed by atoms with Gasteiger partial charge in [-0.2, -0.15) is 0 Å². The van der Waals surface area contributed by atoms with Crippen LogP contribution >= 0.6 is 34.8 Å². The van der Waals surface area contributed by atoms with E-state index in [1.54, 1.807) is 30.3 Å². The molecule has 2 nitrogen and oxygen atoms in total. The van der Waals surface area contributed by atoms with Crippen LogP contribution in [-0.2, 0) is 0 Å². The van der Waals surface area contributed by atoms with Crippen molar-refractivity contribution in [2.75, 3.05) is 0 Å². The first kappa shape index (κ1) is 15.2. The topological polar surface area (TPSA) is 29.1 Å². The zero-order valence-electron chi connectivity index (χ0n) is 10.7. The van der Waals surface area contributed by atoms with Gasteiger partial charge in [-0.1, -0.05) is 53.0 Å². The lowest BCUT2D eigenvalue weighted by molar-refractivity contribution is 0.0940. The molecule has 0 bridgehead atoms. The summed E-state index contributed by atoms with van der Waals surface area (Å²) in [5.74, 6) is -0.303. The van der Waals surface area contributed by atoms with Crippen molar-refractivity contribution < 1.29 is 4.79 Å². The molecule has 1 amide bonds. The van der Waals surface area contributed by atoms with Gasteiger partial charge in [0.05, 0.1) is 21.7 Å². The second kappa shape index (κ2) is 6.49. The third-order valence-corrected chi connectivity index (χ3v) is 3.79. The number of carbonyl (C=O) groups excluding carboxylic acids is 1. The minimum absolute atomic E-state index is 0.174. The largest absolute Gasteiger partial charge is 0.345 e. The molecule has 104 valence electrons. The molecule has 1 unspecified atom stereocenters. The fourth-order valence-corrected chi connectivity index (χ4v) is 2.51. The van der Waals surface area contributed by atoms with Crippen molar-refractivity contribution in [1.82, 2.24) is 5.32 Å². The number of amides is 1. The van der Waals surface area contributed by atoms with Crippen LogP contribution in [0.2, 0.25) is 15.1 Å². The summed E-state index contributed by atoms with van der Waals surface area (Å²) in [7, 11) is 0. The van der Waals surface area contributed by atoms with Gasteiger partial charge in [-0.3, -0.25) is 4.79 Å². The van der Waals surface area contributed by atoms with Gasteiger partial charge < -0.3 is 5.32 Å². The monoisotopic (exact) mass is 327 g/mol. The van der Waals surface area contributed by atoms with E-state index in [1.165, 1.54) is 0 Å². The van der Waals surface area contributed by atoms with E-state index in [-0.39, 0.29) is 17.5 Å². The van der Waals surface area contributed by atoms with Crippen LogP contribution in [0, 0.1) is 0 Å². The summed E-state index contributed by atoms with van der Waals surface area (Å²) in [6, 6.07) is 12.1. The fraction of sp³-hybridized carbons (Fsp3) is 0.133. The Kier molecular flexibility index (Phi) is 4.92. The van der Waals surface area contributed by atoms with E-state index < -0.39 is 0 Å². The van der Waals surface area contributed by atoms with E-state index in [4.69, 9.17) is 34.8 Å². The molecule has 2 rings (SSSR count). The average Bonchev–Trinajstić information content (AvgIpc) is 2.39. The van der Waals surface area contributed by atoms with Crippen LogP contribution in [0.15, 0.2) is 42.5 Å². The molecule has 0 heterocycles. The molecule has 0 aromatic heterocycles. The van der Waals surface area contributed by atoms with Crippen molar-refractivity contribution in [1.29, 1.82) is 0 Å². The molecule has 0 aliphatic rings. The molecule has 0 spiro atoms. The van der Waals surface area contributed by atoms with E-state index in [0.29, 0.717) is 15.1 Å². The van der Waals surface area contributed by atoms with Crippen LogP contribution < -0.4 is 5.32 Å². The summed E-state index contributed by atoms with van der Waals surface area (Å²) in [4.78, 5) is 12.2. The average molecular weight is 329 g/mol. The summed E-state index contributed by atoms with van der Waals surface area (Å²) in [6.07, 6.45) is 0. The summed E-state index contributed by atoms with van der Waals surface area (Å²) >= 11 is 17.9. The van der Waals surface area contributed by atoms with E-state index in [2.05, 4.69) is 5.32 Å². The van der Waals surface area contributed by atoms with Crippen LogP contribution in [-0.4, -0.2) is 5.91 Å². The molecule has 1 atom stereocenters. The molecule has 0 saturated carbocycles. The normalized spacial score (nSPS) is 12.0. The van der Waals surface area contributed by atoms with Gasteiger partial charge in [-0.15, -0.1) is 0 Å². The van der Waals surface area contributed by atoms with Gasteiger partial charge in [0.1, 0.15) is 0 Å². The fourth-order valence-electron chi connectivity index (χ4n) is 1.82. The van der Waals surface area contributed by atoms with Gasteiger partial charge in [0, 0.05) is 5.02 Å². The quantitative estimate of drug-likeness (QED) is 0.830. The summed E-state index contributed by atoms with van der Waals surface area (Å²) in [6.45, 7) is 1.88. The van der Waals surface area contributed by atoms with Crippen molar-refractivity contribution in [2.45, 2.75) is 13.0 Å². The molecule has 0 aliphatic heterocycles. The van der Waals surface area contributed by atoms with Crippen LogP contribution in [0.25, 0.3) is 0 Å². The van der Waals surface area contributed by atoms with Crippen LogP contribution in [0.1, 0.15) is 28.9 Å². The van der Waals surface area contributed by atoms with E-state index >= 15 is 0 Å². The Morgan fingerprint density at radius 2 is 1.55 bits per heavy atom. The maximum atomic E-state index is 12.2. The Morgan fingerprint density at radius 3 is 2.10 bits per heavy atom. The highest BCUT2D eigenvalue weighted by Gasteiger charge is 2.17. The third kappa shape index (κ3) is 3.45. The van der Waals surface area contributed by atoms with Crippen molar-refractivity contribution in [2.24, 2.45) is 0 Å². The lowest BCUT2D eigenvalue weighted by Crippen LogP contribution is -2.27. The first-order valence-corrected chi connectivity index (χ1v) is 7.13. The van der Waals surface area contributed by atoms with Gasteiger partial charge in [0.15, 0.2) is 0 Å². The SMILES string of the molecule is CC(NC(=O)c1c(Cl)cccc1Cl)c1ccc(Cl)cc1. The lowest BCUT2D eigenvalue weighted by Gasteiger charge is -2.15. The smallest absolute Gasteiger partial charge is 0.254 e. The Labute approximate surface area is 132 Å². The van der Waals surface area contributed by atoms with Gasteiger partial charge in [-0.25, -0.2) is 0 Å². The van der Waals surface area contributed by atoms with Crippen LogP contribution in [0.5, 0.6) is 0 Å². The van der Waals surface area contributed by atoms with Gasteiger partial charge >= 0.3 is 0 Å². The number of carbonyl (C=O) groups is 1. The Balaban J connectivity index is 2.17. The van der Waals surface area contributed by atoms with E-state index in [1.807, 2.05) is 19.1 Å². The minimum Gasteiger partial charge on any atom is -0.345 e. The molecule has 5 heteroatoms. The molecule has 2 aromatic rings. The number of hydrogen-bond donors (Lipinski definition) is 1. The van der Waals surface area contributed by atoms with E-state index in [0.717, 1.165) is 5.56 Å². The van der Waals surface area contributed by atoms with Crippen molar-refractivity contribution in [3.63, 3.8) is 0 Å². The number of nitrogens with one attached hydrogen (secondary N) is 1. The zero-order valence-corrected chi connectivity index (χ0v) is 12.9. The minimum atomic E-state index is -0.303. The Morgan fingerprint density at radius 1 is 1.00 bits per heavy atom. The van der Waals surface area contributed by atoms with Crippen molar-refractivity contribution in [3.05, 3.63) is 68.7 Å². The molecule has 0 fully saturated rings. The predicted molar refractivity (Wildman–Crippen MR) is 83.8 cm³/mol. The number of hydrogen-bond acceptors (Lipinski definition) is 1. The maximum Gasteiger partial charge on any atom is 0.254 e. The molecular formula is C15H12Cl3NO. The first-order valence-electron chi connectivity index (χ1n) is 5.99. The van der Waals surface area contributed by atoms with Crippen LogP contribution in [0.3, 0.4) is 0 Å². The van der Waals surface area contributed by atoms with E-state index in [9.17, 15) is 4.79 Å². The van der Waals surface area contributed by atoms with Crippen LogP contribution in [0.4, 0.5) is 0 Å². The molecule has 0 radical (unpaired) electrons. The third-order valence-electron chi connectivity index (χ3n) is 2.91. The molecule has 1 N–H and O–H groups in total.